The molecule has 0 bridgehead atoms. The molecule has 0 unspecified atom stereocenters. The van der Waals surface area contributed by atoms with Crippen LogP contribution in [0.4, 0.5) is 0 Å². The molecule has 0 radical (unpaired) electrons. The van der Waals surface area contributed by atoms with E-state index in [0.717, 1.165) is 0 Å². The fourth-order valence-electron chi connectivity index (χ4n) is 6.85. The van der Waals surface area contributed by atoms with Crippen molar-refractivity contribution in [1.82, 2.24) is 0 Å². The minimum Gasteiger partial charge on any atom is -0.472 e. The summed E-state index contributed by atoms with van der Waals surface area (Å²) >= 11 is 0. The summed E-state index contributed by atoms with van der Waals surface area (Å²) in [6, 6.07) is 4.73. The van der Waals surface area contributed by atoms with E-state index in [-0.39, 0.29) is 23.9 Å². The van der Waals surface area contributed by atoms with Gasteiger partial charge < -0.3 is 23.0 Å². The highest BCUT2D eigenvalue weighted by Gasteiger charge is 2.67. The van der Waals surface area contributed by atoms with Crippen molar-refractivity contribution < 1.29 is 42.2 Å². The van der Waals surface area contributed by atoms with Crippen molar-refractivity contribution in [3.8, 4) is 0 Å². The first-order valence-corrected chi connectivity index (χ1v) is 11.8. The van der Waals surface area contributed by atoms with Gasteiger partial charge in [-0.15, -0.1) is 0 Å². The van der Waals surface area contributed by atoms with E-state index in [1.54, 1.807) is 12.1 Å². The van der Waals surface area contributed by atoms with Crippen LogP contribution in [0.1, 0.15) is 61.8 Å². The van der Waals surface area contributed by atoms with Crippen LogP contribution in [0.15, 0.2) is 45.8 Å². The number of methoxy groups -OCH3 is 1. The molecule has 1 saturated heterocycles. The van der Waals surface area contributed by atoms with Crippen LogP contribution in [0.5, 0.6) is 0 Å². The zero-order valence-electron chi connectivity index (χ0n) is 19.9. The van der Waals surface area contributed by atoms with Crippen LogP contribution in [0, 0.1) is 28.6 Å². The number of fused-ring (bicyclic) bond motifs is 3. The van der Waals surface area contributed by atoms with Gasteiger partial charge in [-0.3, -0.25) is 14.4 Å². The molecular formula is C26H28O9. The van der Waals surface area contributed by atoms with Crippen LogP contribution in [-0.4, -0.2) is 36.9 Å². The number of carbonyl (C=O) groups is 4. The summed E-state index contributed by atoms with van der Waals surface area (Å²) in [6.07, 6.45) is 3.96. The highest BCUT2D eigenvalue weighted by atomic mass is 16.6. The zero-order valence-corrected chi connectivity index (χ0v) is 19.9. The van der Waals surface area contributed by atoms with Crippen LogP contribution in [0.2, 0.25) is 0 Å². The van der Waals surface area contributed by atoms with Crippen LogP contribution in [-0.2, 0) is 28.6 Å². The second kappa shape index (κ2) is 8.39. The lowest BCUT2D eigenvalue weighted by Gasteiger charge is -2.60. The summed E-state index contributed by atoms with van der Waals surface area (Å²) in [5.74, 6) is -3.88. The minimum atomic E-state index is -1.17. The van der Waals surface area contributed by atoms with Crippen molar-refractivity contribution in [3.05, 3.63) is 48.3 Å². The maximum Gasteiger partial charge on any atom is 0.374 e. The third kappa shape index (κ3) is 3.59. The summed E-state index contributed by atoms with van der Waals surface area (Å²) in [5.41, 5.74) is -0.899. The second-order valence-electron chi connectivity index (χ2n) is 10.3. The van der Waals surface area contributed by atoms with Crippen LogP contribution in [0.25, 0.3) is 0 Å². The number of hydrogen-bond donors (Lipinski definition) is 0. The summed E-state index contributed by atoms with van der Waals surface area (Å²) in [6.45, 7) is 3.83. The molecule has 2 aromatic heterocycles. The number of rotatable bonds is 4. The summed E-state index contributed by atoms with van der Waals surface area (Å²) in [4.78, 5) is 52.8. The Kier molecular flexibility index (Phi) is 5.61. The monoisotopic (exact) mass is 484 g/mol. The second-order valence-corrected chi connectivity index (χ2v) is 10.3. The summed E-state index contributed by atoms with van der Waals surface area (Å²) < 4.78 is 26.8. The zero-order chi connectivity index (χ0) is 25.0. The highest BCUT2D eigenvalue weighted by molar-refractivity contribution is 5.95. The van der Waals surface area contributed by atoms with E-state index in [1.165, 1.54) is 32.0 Å². The number of carbonyl (C=O) groups excluding carboxylic acids is 4. The van der Waals surface area contributed by atoms with Gasteiger partial charge in [0.1, 0.15) is 6.10 Å². The van der Waals surface area contributed by atoms with E-state index in [2.05, 4.69) is 0 Å². The normalized spacial score (nSPS) is 36.5. The van der Waals surface area contributed by atoms with E-state index >= 15 is 0 Å². The first-order chi connectivity index (χ1) is 16.7. The minimum absolute atomic E-state index is 0.0152. The van der Waals surface area contributed by atoms with E-state index in [9.17, 15) is 19.2 Å². The molecule has 2 saturated carbocycles. The van der Waals surface area contributed by atoms with Crippen molar-refractivity contribution >= 4 is 23.7 Å². The molecule has 3 heterocycles. The topological polar surface area (TPSA) is 122 Å². The van der Waals surface area contributed by atoms with Gasteiger partial charge in [-0.1, -0.05) is 13.8 Å². The van der Waals surface area contributed by atoms with Gasteiger partial charge in [0.15, 0.2) is 11.9 Å². The molecule has 1 aliphatic heterocycles. The van der Waals surface area contributed by atoms with Crippen molar-refractivity contribution in [2.45, 2.75) is 51.7 Å². The maximum absolute atomic E-state index is 14.1. The molecule has 35 heavy (non-hydrogen) atoms. The van der Waals surface area contributed by atoms with Crippen molar-refractivity contribution in [1.29, 1.82) is 0 Å². The molecule has 0 N–H and O–H groups in total. The Balaban J connectivity index is 1.55. The molecule has 3 aliphatic rings. The van der Waals surface area contributed by atoms with Crippen LogP contribution in [0.3, 0.4) is 0 Å². The van der Waals surface area contributed by atoms with E-state index in [1.807, 2.05) is 13.8 Å². The molecule has 7 atom stereocenters. The van der Waals surface area contributed by atoms with Gasteiger partial charge in [0, 0.05) is 17.9 Å². The fraction of sp³-hybridized carbons (Fsp3) is 0.538. The lowest BCUT2D eigenvalue weighted by atomic mass is 9.43. The van der Waals surface area contributed by atoms with E-state index < -0.39 is 52.7 Å². The average molecular weight is 485 g/mol. The van der Waals surface area contributed by atoms with Gasteiger partial charge in [-0.2, -0.15) is 0 Å². The fourth-order valence-corrected chi connectivity index (χ4v) is 6.85. The van der Waals surface area contributed by atoms with Gasteiger partial charge in [0.05, 0.1) is 37.7 Å². The molecule has 0 spiro atoms. The Morgan fingerprint density at radius 2 is 1.91 bits per heavy atom. The molecule has 9 heteroatoms. The van der Waals surface area contributed by atoms with E-state index in [0.29, 0.717) is 24.8 Å². The smallest absolute Gasteiger partial charge is 0.374 e. The first-order valence-electron chi connectivity index (χ1n) is 11.8. The van der Waals surface area contributed by atoms with Gasteiger partial charge >= 0.3 is 17.9 Å². The van der Waals surface area contributed by atoms with Gasteiger partial charge in [-0.05, 0) is 48.3 Å². The quantitative estimate of drug-likeness (QED) is 0.470. The Labute approximate surface area is 202 Å². The largest absolute Gasteiger partial charge is 0.472 e. The van der Waals surface area contributed by atoms with Gasteiger partial charge in [-0.25, -0.2) is 4.79 Å². The number of esters is 3. The van der Waals surface area contributed by atoms with Crippen molar-refractivity contribution in [2.75, 3.05) is 7.11 Å². The molecule has 3 fully saturated rings. The lowest BCUT2D eigenvalue weighted by Crippen LogP contribution is -2.64. The predicted octanol–water partition coefficient (Wildman–Crippen LogP) is 3.89. The highest BCUT2D eigenvalue weighted by Crippen LogP contribution is 2.65. The Bertz CT molecular complexity index is 1130. The SMILES string of the molecule is COC(=O)[C@@H]1C[C@H](OC(=O)c2ccco2)C(=O)[C@H]2[C@@]1(C)CC[C@H]1C(=O)O[C@H](c3ccoc3)C[C@]21C. The number of ketones is 1. The number of furan rings is 2. The molecule has 2 aromatic rings. The maximum atomic E-state index is 14.1. The Hall–Kier alpha value is -3.36. The number of ether oxygens (including phenoxy) is 3. The molecule has 2 aliphatic carbocycles. The third-order valence-electron chi connectivity index (χ3n) is 8.47. The van der Waals surface area contributed by atoms with Gasteiger partial charge in [0.2, 0.25) is 5.76 Å². The lowest BCUT2D eigenvalue weighted by molar-refractivity contribution is -0.208. The molecular weight excluding hydrogens is 456 g/mol. The predicted molar refractivity (Wildman–Crippen MR) is 118 cm³/mol. The standard InChI is InChI=1S/C26H28O9/c1-25-8-6-15-23(29)35-19(14-7-10-32-13-14)12-26(15,2)21(25)20(27)18(11-16(25)22(28)31-3)34-24(30)17-5-4-9-33-17/h4-5,7,9-10,13,15-16,18-19,21H,6,8,11-12H2,1-3H3/t15-,16-,18-,19-,21-,25-,26-/m0/s1. The van der Waals surface area contributed by atoms with E-state index in [4.69, 9.17) is 23.0 Å². The van der Waals surface area contributed by atoms with Crippen LogP contribution >= 0.6 is 0 Å². The molecule has 0 aromatic carbocycles. The number of Topliss-reactive ketones (excluding diaryl/α,β-unsaturated/α-hetero) is 1. The first kappa shape index (κ1) is 23.4. The van der Waals surface area contributed by atoms with Crippen molar-refractivity contribution in [2.24, 2.45) is 28.6 Å². The molecule has 186 valence electrons. The summed E-state index contributed by atoms with van der Waals surface area (Å²) in [7, 11) is 1.31. The summed E-state index contributed by atoms with van der Waals surface area (Å²) in [5, 5.41) is 0. The molecule has 0 amide bonds. The van der Waals surface area contributed by atoms with Crippen LogP contribution < -0.4 is 0 Å². The average Bonchev–Trinajstić information content (AvgIpc) is 3.54. The number of cyclic esters (lactones) is 1. The number of hydrogen-bond acceptors (Lipinski definition) is 9. The Morgan fingerprint density at radius 1 is 1.11 bits per heavy atom. The van der Waals surface area contributed by atoms with Gasteiger partial charge in [0.25, 0.3) is 0 Å². The Morgan fingerprint density at radius 3 is 2.57 bits per heavy atom. The molecule has 9 nitrogen and oxygen atoms in total. The van der Waals surface area contributed by atoms with Crippen molar-refractivity contribution in [3.63, 3.8) is 0 Å². The molecule has 5 rings (SSSR count). The third-order valence-corrected chi connectivity index (χ3v) is 8.47.